The van der Waals surface area contributed by atoms with Gasteiger partial charge in [-0.15, -0.1) is 10.2 Å². The lowest BCUT2D eigenvalue weighted by atomic mass is 10.1. The molecule has 0 aliphatic rings. The van der Waals surface area contributed by atoms with E-state index >= 15 is 0 Å². The van der Waals surface area contributed by atoms with Gasteiger partial charge < -0.3 is 14.5 Å². The van der Waals surface area contributed by atoms with Crippen molar-refractivity contribution in [2.75, 3.05) is 0 Å². The van der Waals surface area contributed by atoms with Gasteiger partial charge in [-0.2, -0.15) is 17.9 Å². The summed E-state index contributed by atoms with van der Waals surface area (Å²) in [6, 6.07) is 5.91. The molecule has 0 spiro atoms. The van der Waals surface area contributed by atoms with Crippen LogP contribution in [0, 0.1) is 17.0 Å². The second-order valence-corrected chi connectivity index (χ2v) is 5.45. The summed E-state index contributed by atoms with van der Waals surface area (Å²) < 4.78 is 45.1. The SMILES string of the molecule is Cc1cc([N+](=O)[O-])nn1CCc1nnc(-c2cccc(C(F)(F)F)c2)o1. The Hall–Kier alpha value is -3.24. The zero-order valence-electron chi connectivity index (χ0n) is 13.4. The van der Waals surface area contributed by atoms with Crippen LogP contribution in [0.15, 0.2) is 34.7 Å². The summed E-state index contributed by atoms with van der Waals surface area (Å²) in [5.74, 6) is -0.109. The van der Waals surface area contributed by atoms with Crippen LogP contribution in [-0.4, -0.2) is 24.9 Å². The molecule has 11 heteroatoms. The van der Waals surface area contributed by atoms with Crippen molar-refractivity contribution < 1.29 is 22.5 Å². The summed E-state index contributed by atoms with van der Waals surface area (Å²) in [6.07, 6.45) is -4.24. The molecule has 136 valence electrons. The van der Waals surface area contributed by atoms with E-state index in [4.69, 9.17) is 4.42 Å². The van der Waals surface area contributed by atoms with Crippen molar-refractivity contribution in [3.05, 3.63) is 57.6 Å². The third-order valence-electron chi connectivity index (χ3n) is 3.60. The predicted molar refractivity (Wildman–Crippen MR) is 82.1 cm³/mol. The smallest absolute Gasteiger partial charge is 0.416 e. The molecule has 0 unspecified atom stereocenters. The second kappa shape index (κ2) is 6.58. The van der Waals surface area contributed by atoms with E-state index in [9.17, 15) is 23.3 Å². The molecule has 1 aromatic carbocycles. The highest BCUT2D eigenvalue weighted by Crippen LogP contribution is 2.31. The molecule has 0 bridgehead atoms. The van der Waals surface area contributed by atoms with Crippen LogP contribution in [0.5, 0.6) is 0 Å². The standard InChI is InChI=1S/C15H12F3N5O3/c1-9-7-12(23(24)25)21-22(9)6-5-13-19-20-14(26-13)10-3-2-4-11(8-10)15(16,17)18/h2-4,7-8H,5-6H2,1H3. The highest BCUT2D eigenvalue weighted by atomic mass is 19.4. The number of nitro groups is 1. The molecule has 0 N–H and O–H groups in total. The van der Waals surface area contributed by atoms with Gasteiger partial charge in [0, 0.05) is 12.0 Å². The van der Waals surface area contributed by atoms with Gasteiger partial charge in [-0.25, -0.2) is 0 Å². The molecule has 0 aliphatic carbocycles. The van der Waals surface area contributed by atoms with E-state index in [-0.39, 0.29) is 36.1 Å². The van der Waals surface area contributed by atoms with Crippen molar-refractivity contribution in [3.8, 4) is 11.5 Å². The maximum Gasteiger partial charge on any atom is 0.416 e. The molecule has 0 atom stereocenters. The summed E-state index contributed by atoms with van der Waals surface area (Å²) in [6.45, 7) is 1.92. The van der Waals surface area contributed by atoms with E-state index in [0.717, 1.165) is 12.1 Å². The zero-order valence-corrected chi connectivity index (χ0v) is 13.4. The van der Waals surface area contributed by atoms with Crippen LogP contribution in [0.25, 0.3) is 11.5 Å². The number of alkyl halides is 3. The Labute approximate surface area is 144 Å². The average molecular weight is 367 g/mol. The Kier molecular flexibility index (Phi) is 4.45. The molecule has 26 heavy (non-hydrogen) atoms. The van der Waals surface area contributed by atoms with Crippen LogP contribution in [0.1, 0.15) is 17.1 Å². The average Bonchev–Trinajstić information content (AvgIpc) is 3.19. The van der Waals surface area contributed by atoms with Gasteiger partial charge in [0.25, 0.3) is 0 Å². The Morgan fingerprint density at radius 3 is 2.69 bits per heavy atom. The normalized spacial score (nSPS) is 11.7. The molecule has 0 radical (unpaired) electrons. The first-order chi connectivity index (χ1) is 12.2. The zero-order chi connectivity index (χ0) is 18.9. The molecule has 0 fully saturated rings. The van der Waals surface area contributed by atoms with Crippen LogP contribution in [0.4, 0.5) is 19.0 Å². The van der Waals surface area contributed by atoms with E-state index < -0.39 is 16.7 Å². The van der Waals surface area contributed by atoms with Crippen LogP contribution in [0.2, 0.25) is 0 Å². The van der Waals surface area contributed by atoms with E-state index in [1.165, 1.54) is 22.9 Å². The molecule has 0 saturated heterocycles. The molecular weight excluding hydrogens is 355 g/mol. The van der Waals surface area contributed by atoms with Crippen LogP contribution < -0.4 is 0 Å². The number of halogens is 3. The predicted octanol–water partition coefficient (Wildman–Crippen LogP) is 3.41. The van der Waals surface area contributed by atoms with Gasteiger partial charge >= 0.3 is 12.0 Å². The van der Waals surface area contributed by atoms with E-state index in [1.807, 2.05) is 0 Å². The Balaban J connectivity index is 1.74. The third-order valence-corrected chi connectivity index (χ3v) is 3.60. The minimum Gasteiger partial charge on any atom is -0.421 e. The summed E-state index contributed by atoms with van der Waals surface area (Å²) in [5.41, 5.74) is -0.0620. The molecule has 3 aromatic rings. The third kappa shape index (κ3) is 3.71. The molecule has 0 saturated carbocycles. The first kappa shape index (κ1) is 17.6. The van der Waals surface area contributed by atoms with E-state index in [1.54, 1.807) is 6.92 Å². The topological polar surface area (TPSA) is 99.9 Å². The Morgan fingerprint density at radius 2 is 2.04 bits per heavy atom. The molecule has 0 amide bonds. The van der Waals surface area contributed by atoms with Gasteiger partial charge in [0.1, 0.15) is 0 Å². The molecular formula is C15H12F3N5O3. The van der Waals surface area contributed by atoms with Gasteiger partial charge in [-0.05, 0) is 30.0 Å². The minimum atomic E-state index is -4.47. The molecule has 3 rings (SSSR count). The fourth-order valence-corrected chi connectivity index (χ4v) is 2.31. The fraction of sp³-hybridized carbons (Fsp3) is 0.267. The number of benzene rings is 1. The van der Waals surface area contributed by atoms with Crippen molar-refractivity contribution in [3.63, 3.8) is 0 Å². The number of hydrogen-bond donors (Lipinski definition) is 0. The number of aromatic nitrogens is 4. The highest BCUT2D eigenvalue weighted by Gasteiger charge is 2.30. The minimum absolute atomic E-state index is 0.0331. The number of hydrogen-bond acceptors (Lipinski definition) is 6. The lowest BCUT2D eigenvalue weighted by Gasteiger charge is -2.06. The van der Waals surface area contributed by atoms with E-state index in [2.05, 4.69) is 15.3 Å². The lowest BCUT2D eigenvalue weighted by molar-refractivity contribution is -0.389. The molecule has 2 aromatic heterocycles. The fourth-order valence-electron chi connectivity index (χ4n) is 2.31. The Bertz CT molecular complexity index is 948. The van der Waals surface area contributed by atoms with Crippen LogP contribution >= 0.6 is 0 Å². The highest BCUT2D eigenvalue weighted by molar-refractivity contribution is 5.54. The van der Waals surface area contributed by atoms with Crippen LogP contribution in [-0.2, 0) is 19.1 Å². The summed E-state index contributed by atoms with van der Waals surface area (Å²) >= 11 is 0. The quantitative estimate of drug-likeness (QED) is 0.506. The van der Waals surface area contributed by atoms with Crippen LogP contribution in [0.3, 0.4) is 0 Å². The number of nitrogens with zero attached hydrogens (tertiary/aromatic N) is 5. The molecule has 2 heterocycles. The largest absolute Gasteiger partial charge is 0.421 e. The van der Waals surface area contributed by atoms with E-state index in [0.29, 0.717) is 5.69 Å². The second-order valence-electron chi connectivity index (χ2n) is 5.45. The lowest BCUT2D eigenvalue weighted by Crippen LogP contribution is -2.05. The summed E-state index contributed by atoms with van der Waals surface area (Å²) in [7, 11) is 0. The summed E-state index contributed by atoms with van der Waals surface area (Å²) in [4.78, 5) is 10.1. The molecule has 0 aliphatic heterocycles. The number of rotatable bonds is 5. The molecule has 8 nitrogen and oxygen atoms in total. The monoisotopic (exact) mass is 367 g/mol. The first-order valence-electron chi connectivity index (χ1n) is 7.43. The Morgan fingerprint density at radius 1 is 1.27 bits per heavy atom. The van der Waals surface area contributed by atoms with Gasteiger partial charge in [-0.1, -0.05) is 6.07 Å². The summed E-state index contributed by atoms with van der Waals surface area (Å²) in [5, 5.41) is 22.1. The number of aryl methyl sites for hydroxylation is 3. The van der Waals surface area contributed by atoms with Gasteiger partial charge in [0.05, 0.1) is 29.0 Å². The van der Waals surface area contributed by atoms with Gasteiger partial charge in [-0.3, -0.25) is 0 Å². The van der Waals surface area contributed by atoms with Gasteiger partial charge in [0.2, 0.25) is 11.8 Å². The van der Waals surface area contributed by atoms with Crippen molar-refractivity contribution >= 4 is 5.82 Å². The maximum atomic E-state index is 12.8. The maximum absolute atomic E-state index is 12.8. The van der Waals surface area contributed by atoms with Gasteiger partial charge in [0.15, 0.2) is 0 Å². The van der Waals surface area contributed by atoms with Crippen molar-refractivity contribution in [2.24, 2.45) is 0 Å². The van der Waals surface area contributed by atoms with Crippen molar-refractivity contribution in [1.29, 1.82) is 0 Å². The first-order valence-corrected chi connectivity index (χ1v) is 7.43. The van der Waals surface area contributed by atoms with Crippen molar-refractivity contribution in [1.82, 2.24) is 20.0 Å². The van der Waals surface area contributed by atoms with Crippen molar-refractivity contribution in [2.45, 2.75) is 26.1 Å².